The summed E-state index contributed by atoms with van der Waals surface area (Å²) >= 11 is 0. The lowest BCUT2D eigenvalue weighted by Crippen LogP contribution is -2.14. The molecule has 1 nitrogen and oxygen atoms in total. The zero-order valence-electron chi connectivity index (χ0n) is 8.67. The van der Waals surface area contributed by atoms with Crippen molar-refractivity contribution in [3.63, 3.8) is 0 Å². The Hall–Kier alpha value is -0.820. The van der Waals surface area contributed by atoms with Gasteiger partial charge in [-0.1, -0.05) is 45.0 Å². The Morgan fingerprint density at radius 1 is 1.15 bits per heavy atom. The highest BCUT2D eigenvalue weighted by atomic mass is 16.2. The highest BCUT2D eigenvalue weighted by Gasteiger charge is 2.16. The smallest absolute Gasteiger partial charge is 0.0471 e. The number of rotatable bonds is 2. The number of benzene rings is 1. The summed E-state index contributed by atoms with van der Waals surface area (Å²) in [5.74, 6) is 0. The third-order valence-electron chi connectivity index (χ3n) is 2.21. The third kappa shape index (κ3) is 2.56. The predicted octanol–water partition coefficient (Wildman–Crippen LogP) is 2.52. The van der Waals surface area contributed by atoms with Crippen LogP contribution in [0.1, 0.15) is 31.9 Å². The van der Waals surface area contributed by atoms with Gasteiger partial charge in [0.05, 0.1) is 0 Å². The summed E-state index contributed by atoms with van der Waals surface area (Å²) in [5, 5.41) is 8.91. The first-order chi connectivity index (χ1) is 6.05. The van der Waals surface area contributed by atoms with Crippen molar-refractivity contribution in [1.82, 2.24) is 0 Å². The van der Waals surface area contributed by atoms with Gasteiger partial charge in [0.1, 0.15) is 0 Å². The van der Waals surface area contributed by atoms with Gasteiger partial charge in [0.25, 0.3) is 0 Å². The quantitative estimate of drug-likeness (QED) is 0.737. The minimum Gasteiger partial charge on any atom is -0.396 e. The molecule has 0 amide bonds. The average molecular weight is 178 g/mol. The van der Waals surface area contributed by atoms with E-state index in [1.54, 1.807) is 0 Å². The lowest BCUT2D eigenvalue weighted by atomic mass is 9.83. The first kappa shape index (κ1) is 10.3. The summed E-state index contributed by atoms with van der Waals surface area (Å²) in [6, 6.07) is 8.32. The van der Waals surface area contributed by atoms with Crippen molar-refractivity contribution in [2.24, 2.45) is 0 Å². The molecule has 0 saturated carbocycles. The maximum atomic E-state index is 8.91. The fourth-order valence-corrected chi connectivity index (χ4v) is 1.59. The largest absolute Gasteiger partial charge is 0.396 e. The fraction of sp³-hybridized carbons (Fsp3) is 0.500. The normalized spacial score (nSPS) is 11.7. The molecule has 0 aliphatic rings. The number of hydrogen-bond acceptors (Lipinski definition) is 1. The van der Waals surface area contributed by atoms with Gasteiger partial charge in [0, 0.05) is 6.61 Å². The Labute approximate surface area is 80.4 Å². The van der Waals surface area contributed by atoms with Gasteiger partial charge < -0.3 is 5.11 Å². The van der Waals surface area contributed by atoms with Gasteiger partial charge in [-0.3, -0.25) is 0 Å². The van der Waals surface area contributed by atoms with E-state index in [-0.39, 0.29) is 12.0 Å². The molecule has 72 valence electrons. The minimum absolute atomic E-state index is 0.172. The Balaban J connectivity index is 3.05. The molecule has 0 spiro atoms. The Bertz CT molecular complexity index is 271. The second kappa shape index (κ2) is 3.93. The van der Waals surface area contributed by atoms with Crippen LogP contribution in [0.5, 0.6) is 0 Å². The topological polar surface area (TPSA) is 20.2 Å². The van der Waals surface area contributed by atoms with Crippen molar-refractivity contribution in [3.05, 3.63) is 35.4 Å². The van der Waals surface area contributed by atoms with Crippen molar-refractivity contribution >= 4 is 0 Å². The van der Waals surface area contributed by atoms with Gasteiger partial charge in [-0.2, -0.15) is 0 Å². The Morgan fingerprint density at radius 3 is 2.31 bits per heavy atom. The molecule has 0 bridgehead atoms. The van der Waals surface area contributed by atoms with E-state index < -0.39 is 0 Å². The van der Waals surface area contributed by atoms with Crippen molar-refractivity contribution in [2.45, 2.75) is 32.6 Å². The minimum atomic E-state index is 0.172. The zero-order valence-corrected chi connectivity index (χ0v) is 8.67. The molecule has 1 heteroatoms. The summed E-state index contributed by atoms with van der Waals surface area (Å²) in [6.45, 7) is 6.82. The molecule has 0 aliphatic carbocycles. The molecule has 1 N–H and O–H groups in total. The van der Waals surface area contributed by atoms with E-state index in [1.807, 2.05) is 6.07 Å². The molecule has 0 aromatic heterocycles. The highest BCUT2D eigenvalue weighted by molar-refractivity contribution is 5.32. The van der Waals surface area contributed by atoms with Crippen LogP contribution in [0.25, 0.3) is 0 Å². The van der Waals surface area contributed by atoms with Gasteiger partial charge in [0.15, 0.2) is 0 Å². The molecule has 0 aliphatic heterocycles. The summed E-state index contributed by atoms with van der Waals surface area (Å²) in [7, 11) is 0. The number of aliphatic hydroxyl groups excluding tert-OH is 1. The number of aliphatic hydroxyl groups is 1. The van der Waals surface area contributed by atoms with Crippen molar-refractivity contribution < 1.29 is 5.11 Å². The third-order valence-corrected chi connectivity index (χ3v) is 2.21. The summed E-state index contributed by atoms with van der Waals surface area (Å²) in [5.41, 5.74) is 2.77. The molecule has 1 aromatic rings. The van der Waals surface area contributed by atoms with Crippen molar-refractivity contribution in [3.8, 4) is 0 Å². The number of hydrogen-bond donors (Lipinski definition) is 1. The molecule has 0 saturated heterocycles. The molecule has 0 atom stereocenters. The van der Waals surface area contributed by atoms with Crippen LogP contribution in [-0.2, 0) is 11.8 Å². The second-order valence-corrected chi connectivity index (χ2v) is 4.38. The SMILES string of the molecule is CC(C)(C)c1ccccc1CCO. The second-order valence-electron chi connectivity index (χ2n) is 4.38. The van der Waals surface area contributed by atoms with Gasteiger partial charge in [-0.25, -0.2) is 0 Å². The standard InChI is InChI=1S/C12H18O/c1-12(2,3)11-7-5-4-6-10(11)8-9-13/h4-7,13H,8-9H2,1-3H3. The first-order valence-electron chi connectivity index (χ1n) is 4.75. The molecule has 0 fully saturated rings. The summed E-state index contributed by atoms with van der Waals surface area (Å²) in [4.78, 5) is 0. The first-order valence-corrected chi connectivity index (χ1v) is 4.75. The van der Waals surface area contributed by atoms with Gasteiger partial charge in [0.2, 0.25) is 0 Å². The Morgan fingerprint density at radius 2 is 1.77 bits per heavy atom. The maximum absolute atomic E-state index is 8.91. The van der Waals surface area contributed by atoms with Crippen LogP contribution in [-0.4, -0.2) is 11.7 Å². The highest BCUT2D eigenvalue weighted by Crippen LogP contribution is 2.25. The summed E-state index contributed by atoms with van der Waals surface area (Å²) < 4.78 is 0. The molecule has 0 heterocycles. The van der Waals surface area contributed by atoms with E-state index >= 15 is 0 Å². The monoisotopic (exact) mass is 178 g/mol. The van der Waals surface area contributed by atoms with Crippen LogP contribution >= 0.6 is 0 Å². The fourth-order valence-electron chi connectivity index (χ4n) is 1.59. The van der Waals surface area contributed by atoms with E-state index in [4.69, 9.17) is 5.11 Å². The van der Waals surface area contributed by atoms with Crippen LogP contribution in [0.3, 0.4) is 0 Å². The molecule has 0 radical (unpaired) electrons. The molecular formula is C12H18O. The zero-order chi connectivity index (χ0) is 9.90. The van der Waals surface area contributed by atoms with E-state index in [2.05, 4.69) is 39.0 Å². The molecule has 0 unspecified atom stereocenters. The molecule has 1 aromatic carbocycles. The van der Waals surface area contributed by atoms with Gasteiger partial charge in [-0.15, -0.1) is 0 Å². The van der Waals surface area contributed by atoms with Crippen LogP contribution in [0.4, 0.5) is 0 Å². The van der Waals surface area contributed by atoms with Crippen molar-refractivity contribution in [1.29, 1.82) is 0 Å². The summed E-state index contributed by atoms with van der Waals surface area (Å²) in [6.07, 6.45) is 0.757. The van der Waals surface area contributed by atoms with E-state index in [1.165, 1.54) is 11.1 Å². The van der Waals surface area contributed by atoms with Crippen LogP contribution < -0.4 is 0 Å². The Kier molecular flexibility index (Phi) is 3.10. The van der Waals surface area contributed by atoms with Crippen molar-refractivity contribution in [2.75, 3.05) is 6.61 Å². The van der Waals surface area contributed by atoms with Crippen LogP contribution in [0.15, 0.2) is 24.3 Å². The maximum Gasteiger partial charge on any atom is 0.0471 e. The molecule has 1 rings (SSSR count). The van der Waals surface area contributed by atoms with Crippen LogP contribution in [0.2, 0.25) is 0 Å². The van der Waals surface area contributed by atoms with Crippen LogP contribution in [0, 0.1) is 0 Å². The van der Waals surface area contributed by atoms with Gasteiger partial charge >= 0.3 is 0 Å². The average Bonchev–Trinajstić information content (AvgIpc) is 2.04. The molecule has 13 heavy (non-hydrogen) atoms. The predicted molar refractivity (Wildman–Crippen MR) is 55.9 cm³/mol. The molecular weight excluding hydrogens is 160 g/mol. The van der Waals surface area contributed by atoms with E-state index in [0.29, 0.717) is 0 Å². The van der Waals surface area contributed by atoms with E-state index in [9.17, 15) is 0 Å². The van der Waals surface area contributed by atoms with E-state index in [0.717, 1.165) is 6.42 Å². The van der Waals surface area contributed by atoms with Gasteiger partial charge in [-0.05, 0) is 23.0 Å². The lowest BCUT2D eigenvalue weighted by Gasteiger charge is -2.22. The lowest BCUT2D eigenvalue weighted by molar-refractivity contribution is 0.298.